The lowest BCUT2D eigenvalue weighted by molar-refractivity contribution is -0.707. The molecule has 0 amide bonds. The minimum atomic E-state index is -0.868. The Kier molecular flexibility index (Phi) is 4.15. The number of hydrogen-bond donors (Lipinski definition) is 2. The summed E-state index contributed by atoms with van der Waals surface area (Å²) in [4.78, 5) is 10.9. The van der Waals surface area contributed by atoms with Gasteiger partial charge in [0.1, 0.15) is 5.75 Å². The van der Waals surface area contributed by atoms with E-state index in [1.807, 2.05) is 36.4 Å². The van der Waals surface area contributed by atoms with Crippen LogP contribution in [0.3, 0.4) is 0 Å². The zero-order chi connectivity index (χ0) is 14.5. The number of aliphatic carboxylic acids is 1. The van der Waals surface area contributed by atoms with E-state index in [1.54, 1.807) is 36.0 Å². The number of phenols is 1. The number of phenolic OH excluding ortho intramolecular Hbond substituents is 1. The first-order chi connectivity index (χ1) is 9.58. The van der Waals surface area contributed by atoms with E-state index < -0.39 is 12.0 Å². The van der Waals surface area contributed by atoms with Crippen LogP contribution in [0.15, 0.2) is 48.8 Å². The van der Waals surface area contributed by atoms with Crippen LogP contribution in [0, 0.1) is 0 Å². The molecule has 4 heteroatoms. The maximum atomic E-state index is 10.9. The lowest BCUT2D eigenvalue weighted by Gasteiger charge is -2.01. The highest BCUT2D eigenvalue weighted by Crippen LogP contribution is 2.18. The van der Waals surface area contributed by atoms with E-state index in [-0.39, 0.29) is 5.75 Å². The summed E-state index contributed by atoms with van der Waals surface area (Å²) in [6.07, 6.45) is 7.13. The summed E-state index contributed by atoms with van der Waals surface area (Å²) in [5.41, 5.74) is 1.67. The molecule has 0 aliphatic rings. The van der Waals surface area contributed by atoms with Crippen LogP contribution in [-0.4, -0.2) is 16.2 Å². The first kappa shape index (κ1) is 13.8. The quantitative estimate of drug-likeness (QED) is 0.839. The summed E-state index contributed by atoms with van der Waals surface area (Å²) in [7, 11) is 0. The van der Waals surface area contributed by atoms with Gasteiger partial charge in [-0.1, -0.05) is 30.4 Å². The fraction of sp³-hybridized carbons (Fsp3) is 0.125. The molecule has 20 heavy (non-hydrogen) atoms. The number of para-hydroxylation sites is 1. The molecule has 0 aliphatic heterocycles. The second-order valence-electron chi connectivity index (χ2n) is 4.49. The number of nitrogens with zero attached hydrogens (tertiary/aromatic N) is 1. The van der Waals surface area contributed by atoms with Gasteiger partial charge in [0.15, 0.2) is 12.4 Å². The Balaban J connectivity index is 2.15. The molecule has 0 saturated heterocycles. The minimum Gasteiger partial charge on any atom is -0.507 e. The van der Waals surface area contributed by atoms with Crippen molar-refractivity contribution in [3.05, 3.63) is 59.9 Å². The van der Waals surface area contributed by atoms with Crippen molar-refractivity contribution < 1.29 is 19.6 Å². The van der Waals surface area contributed by atoms with Crippen LogP contribution in [0.5, 0.6) is 5.75 Å². The van der Waals surface area contributed by atoms with Crippen molar-refractivity contribution in [3.8, 4) is 5.75 Å². The van der Waals surface area contributed by atoms with Crippen molar-refractivity contribution in [2.24, 2.45) is 0 Å². The summed E-state index contributed by atoms with van der Waals surface area (Å²) in [6.45, 7) is 1.62. The van der Waals surface area contributed by atoms with Gasteiger partial charge in [-0.05, 0) is 11.6 Å². The zero-order valence-electron chi connectivity index (χ0n) is 11.1. The van der Waals surface area contributed by atoms with Gasteiger partial charge >= 0.3 is 5.97 Å². The smallest absolute Gasteiger partial charge is 0.373 e. The molecular formula is C16H16NO3+. The van der Waals surface area contributed by atoms with Crippen LogP contribution >= 0.6 is 0 Å². The van der Waals surface area contributed by atoms with Gasteiger partial charge in [-0.2, -0.15) is 4.57 Å². The molecule has 0 bridgehead atoms. The van der Waals surface area contributed by atoms with Crippen molar-refractivity contribution >= 4 is 18.1 Å². The first-order valence-corrected chi connectivity index (χ1v) is 6.27. The molecule has 1 aromatic heterocycles. The number of aromatic hydroxyl groups is 1. The Morgan fingerprint density at radius 1 is 1.15 bits per heavy atom. The van der Waals surface area contributed by atoms with Crippen LogP contribution < -0.4 is 4.57 Å². The molecule has 0 radical (unpaired) electrons. The number of carbonyl (C=O) groups is 1. The monoisotopic (exact) mass is 270 g/mol. The molecule has 1 heterocycles. The Morgan fingerprint density at radius 3 is 2.40 bits per heavy atom. The predicted molar refractivity (Wildman–Crippen MR) is 76.0 cm³/mol. The molecule has 0 saturated carbocycles. The van der Waals surface area contributed by atoms with E-state index in [9.17, 15) is 9.90 Å². The van der Waals surface area contributed by atoms with Gasteiger partial charge in [0.05, 0.1) is 0 Å². The Morgan fingerprint density at radius 2 is 1.80 bits per heavy atom. The highest BCUT2D eigenvalue weighted by atomic mass is 16.4. The molecule has 2 N–H and O–H groups in total. The lowest BCUT2D eigenvalue weighted by atomic mass is 10.1. The van der Waals surface area contributed by atoms with Crippen LogP contribution in [0.4, 0.5) is 0 Å². The number of pyridine rings is 1. The summed E-state index contributed by atoms with van der Waals surface area (Å²) >= 11 is 0. The molecule has 0 aliphatic carbocycles. The Bertz CT molecular complexity index is 632. The number of aromatic nitrogens is 1. The average Bonchev–Trinajstić information content (AvgIpc) is 2.46. The molecule has 2 aromatic rings. The predicted octanol–water partition coefficient (Wildman–Crippen LogP) is 2.50. The third-order valence-electron chi connectivity index (χ3n) is 3.07. The largest absolute Gasteiger partial charge is 0.507 e. The SMILES string of the molecule is CC(C(=O)O)[n+]1ccc(/C=C/c2ccccc2O)cc1. The summed E-state index contributed by atoms with van der Waals surface area (Å²) < 4.78 is 1.62. The van der Waals surface area contributed by atoms with E-state index in [2.05, 4.69) is 0 Å². The van der Waals surface area contributed by atoms with Crippen molar-refractivity contribution in [2.45, 2.75) is 13.0 Å². The van der Waals surface area contributed by atoms with E-state index in [4.69, 9.17) is 5.11 Å². The molecule has 1 atom stereocenters. The second kappa shape index (κ2) is 6.02. The number of carboxylic acid groups (broad SMARTS) is 1. The molecule has 4 nitrogen and oxygen atoms in total. The molecule has 1 aromatic carbocycles. The van der Waals surface area contributed by atoms with Crippen molar-refractivity contribution in [1.29, 1.82) is 0 Å². The van der Waals surface area contributed by atoms with Crippen molar-refractivity contribution in [2.75, 3.05) is 0 Å². The van der Waals surface area contributed by atoms with Crippen molar-refractivity contribution in [1.82, 2.24) is 0 Å². The van der Waals surface area contributed by atoms with Gasteiger partial charge in [0.2, 0.25) is 0 Å². The van der Waals surface area contributed by atoms with Gasteiger partial charge in [-0.3, -0.25) is 0 Å². The summed E-state index contributed by atoms with van der Waals surface area (Å²) in [5, 5.41) is 18.6. The Labute approximate surface area is 117 Å². The standard InChI is InChI=1S/C16H15NO3/c1-12(16(19)20)17-10-8-13(9-11-17)6-7-14-4-2-3-5-15(14)18/h2-12H,1H3,(H,19,20)/p+1. The number of carboxylic acids is 1. The van der Waals surface area contributed by atoms with Crippen LogP contribution in [0.1, 0.15) is 24.1 Å². The lowest BCUT2D eigenvalue weighted by Crippen LogP contribution is -2.41. The number of hydrogen-bond acceptors (Lipinski definition) is 2. The minimum absolute atomic E-state index is 0.231. The van der Waals surface area contributed by atoms with Crippen molar-refractivity contribution in [3.63, 3.8) is 0 Å². The molecular weight excluding hydrogens is 254 g/mol. The van der Waals surface area contributed by atoms with Gasteiger partial charge in [-0.25, -0.2) is 4.79 Å². The number of benzene rings is 1. The fourth-order valence-electron chi connectivity index (χ4n) is 1.76. The highest BCUT2D eigenvalue weighted by Gasteiger charge is 2.19. The van der Waals surface area contributed by atoms with Crippen LogP contribution in [0.25, 0.3) is 12.2 Å². The van der Waals surface area contributed by atoms with E-state index in [0.717, 1.165) is 11.1 Å². The normalized spacial score (nSPS) is 12.4. The maximum Gasteiger partial charge on any atom is 0.373 e. The van der Waals surface area contributed by atoms with E-state index in [1.165, 1.54) is 0 Å². The molecule has 102 valence electrons. The maximum absolute atomic E-state index is 10.9. The van der Waals surface area contributed by atoms with Crippen LogP contribution in [0.2, 0.25) is 0 Å². The van der Waals surface area contributed by atoms with E-state index >= 15 is 0 Å². The molecule has 2 rings (SSSR count). The average molecular weight is 270 g/mol. The third kappa shape index (κ3) is 3.23. The third-order valence-corrected chi connectivity index (χ3v) is 3.07. The first-order valence-electron chi connectivity index (χ1n) is 6.27. The van der Waals surface area contributed by atoms with Gasteiger partial charge < -0.3 is 10.2 Å². The number of rotatable bonds is 4. The molecule has 0 fully saturated rings. The summed E-state index contributed by atoms with van der Waals surface area (Å²) in [5.74, 6) is -0.637. The van der Waals surface area contributed by atoms with Crippen LogP contribution in [-0.2, 0) is 4.79 Å². The molecule has 0 spiro atoms. The van der Waals surface area contributed by atoms with Gasteiger partial charge in [0.25, 0.3) is 6.04 Å². The highest BCUT2D eigenvalue weighted by molar-refractivity contribution is 5.72. The van der Waals surface area contributed by atoms with Gasteiger partial charge in [-0.15, -0.1) is 0 Å². The Hall–Kier alpha value is -2.62. The zero-order valence-corrected chi connectivity index (χ0v) is 11.1. The van der Waals surface area contributed by atoms with E-state index in [0.29, 0.717) is 0 Å². The topological polar surface area (TPSA) is 61.4 Å². The van der Waals surface area contributed by atoms with Gasteiger partial charge in [0, 0.05) is 24.6 Å². The summed E-state index contributed by atoms with van der Waals surface area (Å²) in [6, 6.07) is 10.1. The fourth-order valence-corrected chi connectivity index (χ4v) is 1.76. The second-order valence-corrected chi connectivity index (χ2v) is 4.49. The molecule has 1 unspecified atom stereocenters.